The number of hydrogen-bond donors (Lipinski definition) is 0. The van der Waals surface area contributed by atoms with E-state index in [4.69, 9.17) is 4.74 Å². The van der Waals surface area contributed by atoms with Crippen LogP contribution in [0, 0.1) is 17.8 Å². The number of carbonyl (C=O) groups excluding carboxylic acids is 4. The molecule has 2 atom stereocenters. The van der Waals surface area contributed by atoms with Gasteiger partial charge in [0.2, 0.25) is 24.1 Å². The lowest BCUT2D eigenvalue weighted by Gasteiger charge is -2.39. The first-order chi connectivity index (χ1) is 19.5. The van der Waals surface area contributed by atoms with E-state index in [9.17, 15) is 19.2 Å². The number of benzene rings is 1. The summed E-state index contributed by atoms with van der Waals surface area (Å²) in [4.78, 5) is 58.7. The second-order valence-electron chi connectivity index (χ2n) is 11.7. The molecule has 0 N–H and O–H groups in total. The third-order valence-corrected chi connectivity index (χ3v) is 9.06. The highest BCUT2D eigenvalue weighted by Crippen LogP contribution is 2.31. The van der Waals surface area contributed by atoms with Crippen LogP contribution in [0.5, 0.6) is 5.75 Å². The zero-order valence-corrected chi connectivity index (χ0v) is 23.4. The first-order valence-corrected chi connectivity index (χ1v) is 14.9. The van der Waals surface area contributed by atoms with Gasteiger partial charge >= 0.3 is 0 Å². The van der Waals surface area contributed by atoms with Gasteiger partial charge in [-0.3, -0.25) is 19.2 Å². The van der Waals surface area contributed by atoms with Gasteiger partial charge in [0, 0.05) is 63.7 Å². The number of piperidine rings is 1. The zero-order valence-electron chi connectivity index (χ0n) is 23.4. The highest BCUT2D eigenvalue weighted by molar-refractivity contribution is 5.86. The summed E-state index contributed by atoms with van der Waals surface area (Å²) in [7, 11) is 0. The average molecular weight is 551 g/mol. The van der Waals surface area contributed by atoms with Gasteiger partial charge in [0.1, 0.15) is 18.9 Å². The third-order valence-electron chi connectivity index (χ3n) is 9.06. The van der Waals surface area contributed by atoms with Gasteiger partial charge in [-0.05, 0) is 37.2 Å². The maximum absolute atomic E-state index is 13.7. The molecule has 1 aromatic rings. The van der Waals surface area contributed by atoms with E-state index in [-0.39, 0.29) is 42.0 Å². The van der Waals surface area contributed by atoms with Crippen LogP contribution in [0.1, 0.15) is 50.5 Å². The van der Waals surface area contributed by atoms with Crippen LogP contribution in [0.25, 0.3) is 0 Å². The standard InChI is InChI=1S/C31H42N4O5/c36-23-32-14-16-33(17-15-32)29(37)19-25-12-13-34-20-26(25)10-6-18-40-28-11-5-4-9-27(28)21-35(22-30(34)38)31(39)24-7-2-1-3-8-24/h4-6,9-11,23-26H,1-3,7-8,12-22H2/b10-6+/t25-,26-/m0/s1. The van der Waals surface area contributed by atoms with Gasteiger partial charge in [-0.1, -0.05) is 49.6 Å². The third kappa shape index (κ3) is 6.85. The Morgan fingerprint density at radius 3 is 2.48 bits per heavy atom. The lowest BCUT2D eigenvalue weighted by molar-refractivity contribution is -0.145. The fourth-order valence-electron chi connectivity index (χ4n) is 6.59. The van der Waals surface area contributed by atoms with E-state index in [1.165, 1.54) is 6.42 Å². The summed E-state index contributed by atoms with van der Waals surface area (Å²) < 4.78 is 6.14. The first kappa shape index (κ1) is 28.2. The number of hydrogen-bond acceptors (Lipinski definition) is 5. The lowest BCUT2D eigenvalue weighted by Crippen LogP contribution is -2.51. The van der Waals surface area contributed by atoms with Crippen molar-refractivity contribution in [3.8, 4) is 5.75 Å². The number of piperazine rings is 1. The fourth-order valence-corrected chi connectivity index (χ4v) is 6.59. The zero-order chi connectivity index (χ0) is 27.9. The highest BCUT2D eigenvalue weighted by Gasteiger charge is 2.35. The molecule has 1 aliphatic carbocycles. The fraction of sp³-hybridized carbons (Fsp3) is 0.613. The van der Waals surface area contributed by atoms with Gasteiger partial charge < -0.3 is 24.3 Å². The predicted molar refractivity (Wildman–Crippen MR) is 150 cm³/mol. The maximum atomic E-state index is 13.7. The van der Waals surface area contributed by atoms with Crippen molar-refractivity contribution in [2.24, 2.45) is 17.8 Å². The van der Waals surface area contributed by atoms with Crippen molar-refractivity contribution in [1.29, 1.82) is 0 Å². The van der Waals surface area contributed by atoms with E-state index in [1.807, 2.05) is 40.1 Å². The molecule has 9 nitrogen and oxygen atoms in total. The summed E-state index contributed by atoms with van der Waals surface area (Å²) in [6, 6.07) is 7.76. The molecule has 0 unspecified atom stereocenters. The molecule has 2 bridgehead atoms. The molecule has 1 aromatic carbocycles. The molecule has 0 spiro atoms. The van der Waals surface area contributed by atoms with Gasteiger partial charge in [0.25, 0.3) is 0 Å². The summed E-state index contributed by atoms with van der Waals surface area (Å²) in [5.74, 6) is 1.00. The second-order valence-corrected chi connectivity index (χ2v) is 11.7. The van der Waals surface area contributed by atoms with E-state index >= 15 is 0 Å². The SMILES string of the molecule is O=CN1CCN(C(=O)C[C@@H]2CCN3C[C@@H]2/C=C/COc2ccccc2CN(C(=O)C2CCCCC2)CC3=O)CC1. The van der Waals surface area contributed by atoms with Crippen LogP contribution in [0.2, 0.25) is 0 Å². The smallest absolute Gasteiger partial charge is 0.242 e. The molecule has 0 aromatic heterocycles. The number of amides is 4. The summed E-state index contributed by atoms with van der Waals surface area (Å²) in [5, 5.41) is 0. The molecule has 2 saturated heterocycles. The molecule has 0 radical (unpaired) electrons. The number of fused-ring (bicyclic) bond motifs is 3. The van der Waals surface area contributed by atoms with Crippen molar-refractivity contribution in [2.75, 3.05) is 52.4 Å². The van der Waals surface area contributed by atoms with Crippen LogP contribution in [-0.4, -0.2) is 96.2 Å². The highest BCUT2D eigenvalue weighted by atomic mass is 16.5. The van der Waals surface area contributed by atoms with Gasteiger partial charge in [-0.25, -0.2) is 0 Å². The molecule has 3 heterocycles. The van der Waals surface area contributed by atoms with Crippen LogP contribution in [0.3, 0.4) is 0 Å². The van der Waals surface area contributed by atoms with Crippen molar-refractivity contribution in [3.63, 3.8) is 0 Å². The maximum Gasteiger partial charge on any atom is 0.242 e. The Morgan fingerprint density at radius 1 is 0.925 bits per heavy atom. The Balaban J connectivity index is 1.32. The molecular formula is C31H42N4O5. The average Bonchev–Trinajstić information content (AvgIpc) is 3.00. The van der Waals surface area contributed by atoms with Crippen LogP contribution in [-0.2, 0) is 25.7 Å². The minimum Gasteiger partial charge on any atom is -0.489 e. The van der Waals surface area contributed by atoms with Crippen molar-refractivity contribution < 1.29 is 23.9 Å². The minimum absolute atomic E-state index is 0.0233. The second kappa shape index (κ2) is 13.3. The lowest BCUT2D eigenvalue weighted by atomic mass is 9.82. The molecule has 4 amide bonds. The number of carbonyl (C=O) groups is 4. The molecule has 9 heteroatoms. The molecule has 3 aliphatic heterocycles. The summed E-state index contributed by atoms with van der Waals surface area (Å²) >= 11 is 0. The van der Waals surface area contributed by atoms with Crippen molar-refractivity contribution in [1.82, 2.24) is 19.6 Å². The summed E-state index contributed by atoms with van der Waals surface area (Å²) in [6.45, 7) is 4.18. The van der Waals surface area contributed by atoms with Gasteiger partial charge in [0.05, 0.1) is 0 Å². The Morgan fingerprint density at radius 2 is 1.70 bits per heavy atom. The number of rotatable bonds is 4. The Labute approximate surface area is 237 Å². The van der Waals surface area contributed by atoms with E-state index in [1.54, 1.807) is 9.80 Å². The Bertz CT molecular complexity index is 1090. The van der Waals surface area contributed by atoms with E-state index in [2.05, 4.69) is 6.08 Å². The van der Waals surface area contributed by atoms with Crippen molar-refractivity contribution >= 4 is 24.1 Å². The van der Waals surface area contributed by atoms with Crippen molar-refractivity contribution in [2.45, 2.75) is 51.5 Å². The topological polar surface area (TPSA) is 90.5 Å². The molecule has 40 heavy (non-hydrogen) atoms. The van der Waals surface area contributed by atoms with Crippen molar-refractivity contribution in [3.05, 3.63) is 42.0 Å². The molecule has 3 fully saturated rings. The Kier molecular flexibility index (Phi) is 9.39. The van der Waals surface area contributed by atoms with Crippen LogP contribution < -0.4 is 4.74 Å². The minimum atomic E-state index is -0.0324. The number of nitrogens with zero attached hydrogens (tertiary/aromatic N) is 4. The van der Waals surface area contributed by atoms with Crippen LogP contribution in [0.15, 0.2) is 36.4 Å². The summed E-state index contributed by atoms with van der Waals surface area (Å²) in [6.07, 6.45) is 11.2. The van der Waals surface area contributed by atoms with Crippen LogP contribution >= 0.6 is 0 Å². The molecule has 216 valence electrons. The molecule has 1 saturated carbocycles. The van der Waals surface area contributed by atoms with Gasteiger partial charge in [-0.15, -0.1) is 0 Å². The normalized spacial score (nSPS) is 25.6. The number of para-hydroxylation sites is 1. The van der Waals surface area contributed by atoms with Crippen LogP contribution in [0.4, 0.5) is 0 Å². The first-order valence-electron chi connectivity index (χ1n) is 14.9. The molecular weight excluding hydrogens is 508 g/mol. The van der Waals surface area contributed by atoms with Gasteiger partial charge in [0.15, 0.2) is 0 Å². The molecule has 4 aliphatic rings. The predicted octanol–water partition coefficient (Wildman–Crippen LogP) is 2.70. The largest absolute Gasteiger partial charge is 0.489 e. The quantitative estimate of drug-likeness (QED) is 0.425. The summed E-state index contributed by atoms with van der Waals surface area (Å²) in [5.41, 5.74) is 0.906. The Hall–Kier alpha value is -3.36. The van der Waals surface area contributed by atoms with Gasteiger partial charge in [-0.2, -0.15) is 0 Å². The number of ether oxygens (including phenoxy) is 1. The monoisotopic (exact) mass is 550 g/mol. The van der Waals surface area contributed by atoms with E-state index < -0.39 is 0 Å². The van der Waals surface area contributed by atoms with E-state index in [0.29, 0.717) is 58.8 Å². The van der Waals surface area contributed by atoms with E-state index in [0.717, 1.165) is 49.8 Å². The molecule has 5 rings (SSSR count).